The second-order valence-electron chi connectivity index (χ2n) is 4.47. The van der Waals surface area contributed by atoms with Crippen LogP contribution in [0, 0.1) is 0 Å². The molecule has 5 heteroatoms. The molecule has 20 heavy (non-hydrogen) atoms. The number of carbonyl (C=O) groups excluding carboxylic acids is 2. The zero-order valence-electron chi connectivity index (χ0n) is 12.1. The van der Waals surface area contributed by atoms with Crippen molar-refractivity contribution in [3.8, 4) is 5.75 Å². The normalized spacial score (nSPS) is 9.60. The summed E-state index contributed by atoms with van der Waals surface area (Å²) < 4.78 is 9.80. The van der Waals surface area contributed by atoms with Crippen LogP contribution in [0.4, 0.5) is 0 Å². The highest BCUT2D eigenvalue weighted by Gasteiger charge is 2.13. The van der Waals surface area contributed by atoms with Crippen molar-refractivity contribution < 1.29 is 19.1 Å². The first-order chi connectivity index (χ1) is 9.47. The third-order valence-electron chi connectivity index (χ3n) is 2.56. The van der Waals surface area contributed by atoms with Gasteiger partial charge < -0.3 is 14.8 Å². The van der Waals surface area contributed by atoms with Crippen LogP contribution in [0.3, 0.4) is 0 Å². The first kappa shape index (κ1) is 15.8. The molecule has 0 heterocycles. The predicted octanol–water partition coefficient (Wildman–Crippen LogP) is 2.06. The van der Waals surface area contributed by atoms with Gasteiger partial charge in [-0.1, -0.05) is 11.6 Å². The van der Waals surface area contributed by atoms with Crippen molar-refractivity contribution in [3.05, 3.63) is 41.0 Å². The summed E-state index contributed by atoms with van der Waals surface area (Å²) in [5.41, 5.74) is 2.05. The van der Waals surface area contributed by atoms with Gasteiger partial charge in [-0.05, 0) is 31.5 Å². The maximum Gasteiger partial charge on any atom is 0.341 e. The van der Waals surface area contributed by atoms with Crippen molar-refractivity contribution in [1.29, 1.82) is 0 Å². The Kier molecular flexibility index (Phi) is 5.77. The Balaban J connectivity index is 2.85. The lowest BCUT2D eigenvalue weighted by Crippen LogP contribution is -2.20. The number of ether oxygens (including phenoxy) is 2. The number of rotatable bonds is 5. The van der Waals surface area contributed by atoms with E-state index < -0.39 is 5.97 Å². The van der Waals surface area contributed by atoms with Crippen LogP contribution in [0.2, 0.25) is 0 Å². The topological polar surface area (TPSA) is 64.6 Å². The number of allylic oxidation sites excluding steroid dienone is 1. The number of esters is 1. The highest BCUT2D eigenvalue weighted by molar-refractivity contribution is 5.92. The smallest absolute Gasteiger partial charge is 0.341 e. The summed E-state index contributed by atoms with van der Waals surface area (Å²) in [6.45, 7) is 4.03. The average molecular weight is 277 g/mol. The second-order valence-corrected chi connectivity index (χ2v) is 4.47. The predicted molar refractivity (Wildman–Crippen MR) is 75.6 cm³/mol. The summed E-state index contributed by atoms with van der Waals surface area (Å²) in [5.74, 6) is -0.198. The van der Waals surface area contributed by atoms with E-state index in [1.807, 2.05) is 13.8 Å². The van der Waals surface area contributed by atoms with E-state index in [0.29, 0.717) is 17.9 Å². The van der Waals surface area contributed by atoms with Gasteiger partial charge >= 0.3 is 5.97 Å². The third-order valence-corrected chi connectivity index (χ3v) is 2.56. The van der Waals surface area contributed by atoms with Crippen molar-refractivity contribution in [3.63, 3.8) is 0 Å². The molecule has 1 amide bonds. The number of hydrogen-bond acceptors (Lipinski definition) is 4. The van der Waals surface area contributed by atoms with E-state index >= 15 is 0 Å². The summed E-state index contributed by atoms with van der Waals surface area (Å²) in [6, 6.07) is 5.11. The average Bonchev–Trinajstić information content (AvgIpc) is 2.43. The number of amides is 1. The van der Waals surface area contributed by atoms with Crippen LogP contribution >= 0.6 is 0 Å². The summed E-state index contributed by atoms with van der Waals surface area (Å²) in [6.07, 6.45) is 1.52. The van der Waals surface area contributed by atoms with Crippen LogP contribution in [-0.2, 0) is 16.1 Å². The largest absolute Gasteiger partial charge is 0.496 e. The standard InChI is InChI=1S/C15H19NO4/c1-10(2)7-14(17)16-9-11-5-6-13(19-3)12(8-11)15(18)20-4/h5-8H,9H2,1-4H3,(H,16,17). The first-order valence-corrected chi connectivity index (χ1v) is 6.16. The van der Waals surface area contributed by atoms with E-state index in [1.54, 1.807) is 18.2 Å². The molecule has 0 saturated carbocycles. The minimum Gasteiger partial charge on any atom is -0.496 e. The summed E-state index contributed by atoms with van der Waals surface area (Å²) in [5, 5.41) is 2.74. The molecule has 5 nitrogen and oxygen atoms in total. The Labute approximate surface area is 118 Å². The zero-order valence-corrected chi connectivity index (χ0v) is 12.1. The quantitative estimate of drug-likeness (QED) is 0.661. The number of methoxy groups -OCH3 is 2. The Morgan fingerprint density at radius 1 is 1.25 bits per heavy atom. The highest BCUT2D eigenvalue weighted by Crippen LogP contribution is 2.20. The van der Waals surface area contributed by atoms with E-state index in [0.717, 1.165) is 11.1 Å². The Morgan fingerprint density at radius 3 is 2.50 bits per heavy atom. The fraction of sp³-hybridized carbons (Fsp3) is 0.333. The molecule has 108 valence electrons. The van der Waals surface area contributed by atoms with Crippen LogP contribution < -0.4 is 10.1 Å². The number of nitrogens with one attached hydrogen (secondary N) is 1. The van der Waals surface area contributed by atoms with Gasteiger partial charge in [0.05, 0.1) is 14.2 Å². The Morgan fingerprint density at radius 2 is 1.95 bits per heavy atom. The van der Waals surface area contributed by atoms with Crippen LogP contribution in [-0.4, -0.2) is 26.1 Å². The molecule has 0 aliphatic carbocycles. The first-order valence-electron chi connectivity index (χ1n) is 6.16. The monoisotopic (exact) mass is 277 g/mol. The van der Waals surface area contributed by atoms with Crippen molar-refractivity contribution in [2.75, 3.05) is 14.2 Å². The van der Waals surface area contributed by atoms with Gasteiger partial charge in [-0.25, -0.2) is 4.79 Å². The van der Waals surface area contributed by atoms with Crippen molar-refractivity contribution in [1.82, 2.24) is 5.32 Å². The summed E-state index contributed by atoms with van der Waals surface area (Å²) in [7, 11) is 2.79. The van der Waals surface area contributed by atoms with Crippen LogP contribution in [0.25, 0.3) is 0 Å². The van der Waals surface area contributed by atoms with Crippen LogP contribution in [0.5, 0.6) is 5.75 Å². The van der Waals surface area contributed by atoms with E-state index in [1.165, 1.54) is 20.3 Å². The van der Waals surface area contributed by atoms with Gasteiger partial charge in [-0.2, -0.15) is 0 Å². The van der Waals surface area contributed by atoms with Crippen molar-refractivity contribution in [2.45, 2.75) is 20.4 Å². The van der Waals surface area contributed by atoms with Gasteiger partial charge in [0.15, 0.2) is 0 Å². The van der Waals surface area contributed by atoms with Crippen molar-refractivity contribution in [2.24, 2.45) is 0 Å². The zero-order chi connectivity index (χ0) is 15.1. The maximum absolute atomic E-state index is 11.6. The minimum absolute atomic E-state index is 0.166. The molecule has 0 unspecified atom stereocenters. The molecule has 0 atom stereocenters. The maximum atomic E-state index is 11.6. The lowest BCUT2D eigenvalue weighted by atomic mass is 10.1. The van der Waals surface area contributed by atoms with Crippen LogP contribution in [0.1, 0.15) is 29.8 Å². The molecule has 0 radical (unpaired) electrons. The van der Waals surface area contributed by atoms with Crippen molar-refractivity contribution >= 4 is 11.9 Å². The van der Waals surface area contributed by atoms with Crippen LogP contribution in [0.15, 0.2) is 29.8 Å². The second kappa shape index (κ2) is 7.33. The lowest BCUT2D eigenvalue weighted by molar-refractivity contribution is -0.116. The molecule has 0 aliphatic heterocycles. The van der Waals surface area contributed by atoms with E-state index in [2.05, 4.69) is 5.32 Å². The molecule has 0 fully saturated rings. The van der Waals surface area contributed by atoms with Gasteiger partial charge in [0.1, 0.15) is 11.3 Å². The molecule has 1 N–H and O–H groups in total. The van der Waals surface area contributed by atoms with Gasteiger partial charge in [0.25, 0.3) is 0 Å². The minimum atomic E-state index is -0.473. The number of benzene rings is 1. The third kappa shape index (κ3) is 4.42. The summed E-state index contributed by atoms with van der Waals surface area (Å²) >= 11 is 0. The van der Waals surface area contributed by atoms with Gasteiger partial charge in [0.2, 0.25) is 5.91 Å². The molecule has 1 rings (SSSR count). The van der Waals surface area contributed by atoms with Gasteiger partial charge in [0, 0.05) is 12.6 Å². The lowest BCUT2D eigenvalue weighted by Gasteiger charge is -2.09. The number of hydrogen-bond donors (Lipinski definition) is 1. The van der Waals surface area contributed by atoms with Gasteiger partial charge in [-0.3, -0.25) is 4.79 Å². The SMILES string of the molecule is COC(=O)c1cc(CNC(=O)C=C(C)C)ccc1OC. The Hall–Kier alpha value is -2.30. The molecule has 1 aromatic rings. The van der Waals surface area contributed by atoms with E-state index in [-0.39, 0.29) is 5.91 Å². The molecule has 0 aliphatic rings. The molecule has 0 spiro atoms. The molecule has 0 bridgehead atoms. The van der Waals surface area contributed by atoms with Gasteiger partial charge in [-0.15, -0.1) is 0 Å². The molecule has 1 aromatic carbocycles. The highest BCUT2D eigenvalue weighted by atomic mass is 16.5. The molecule has 0 saturated heterocycles. The number of carbonyl (C=O) groups is 2. The Bertz CT molecular complexity index is 531. The molecule has 0 aromatic heterocycles. The molecular formula is C15H19NO4. The van der Waals surface area contributed by atoms with E-state index in [4.69, 9.17) is 9.47 Å². The molecular weight excluding hydrogens is 258 g/mol. The summed E-state index contributed by atoms with van der Waals surface area (Å²) in [4.78, 5) is 23.2. The fourth-order valence-corrected chi connectivity index (χ4v) is 1.64. The van der Waals surface area contributed by atoms with E-state index in [9.17, 15) is 9.59 Å². The fourth-order valence-electron chi connectivity index (χ4n) is 1.64.